The minimum Gasteiger partial charge on any atom is -0.462 e. The van der Waals surface area contributed by atoms with E-state index in [0.29, 0.717) is 17.4 Å². The van der Waals surface area contributed by atoms with Crippen LogP contribution in [0.5, 0.6) is 0 Å². The number of hydrogen-bond donors (Lipinski definition) is 1. The number of ether oxygens (including phenoxy) is 2. The van der Waals surface area contributed by atoms with Crippen molar-refractivity contribution in [3.05, 3.63) is 85.1 Å². The number of likely N-dealkylation sites (N-methyl/N-ethyl adjacent to an activating group) is 1. The molecule has 452 valence electrons. The first-order valence-corrected chi connectivity index (χ1v) is 33.8. The van der Waals surface area contributed by atoms with Gasteiger partial charge < -0.3 is 18.9 Å². The van der Waals surface area contributed by atoms with Gasteiger partial charge in [-0.2, -0.15) is 0 Å². The van der Waals surface area contributed by atoms with Crippen molar-refractivity contribution in [1.29, 1.82) is 0 Å². The van der Waals surface area contributed by atoms with Gasteiger partial charge in [0.25, 0.3) is 0 Å². The zero-order chi connectivity index (χ0) is 57.0. The molecule has 0 bridgehead atoms. The summed E-state index contributed by atoms with van der Waals surface area (Å²) < 4.78 is 34.7. The third kappa shape index (κ3) is 62.4. The Kier molecular flexibility index (Phi) is 56.7. The number of esters is 2. The molecule has 0 radical (unpaired) electrons. The summed E-state index contributed by atoms with van der Waals surface area (Å²) in [5, 5.41) is 0. The van der Waals surface area contributed by atoms with Gasteiger partial charge in [0.2, 0.25) is 0 Å². The molecule has 0 amide bonds. The molecule has 0 heterocycles. The van der Waals surface area contributed by atoms with Gasteiger partial charge in [-0.1, -0.05) is 266 Å². The molecular weight excluding hydrogens is 990 g/mol. The molecule has 0 aliphatic heterocycles. The van der Waals surface area contributed by atoms with Gasteiger partial charge in [-0.15, -0.1) is 0 Å². The SMILES string of the molecule is CC/C=C\C/C=C\C/C=C\C/C=C\C/C=C\C/C=C\CCCCCCCCCCCCC(=O)OC(COC(=O)CCCCCCCCCCCCCCC/C=C\CCCCCCCCCC)COP(=O)(O)OCC[N+](C)(C)C. The van der Waals surface area contributed by atoms with E-state index >= 15 is 0 Å². The summed E-state index contributed by atoms with van der Waals surface area (Å²) in [7, 11) is 1.47. The van der Waals surface area contributed by atoms with E-state index in [1.165, 1.54) is 167 Å². The predicted molar refractivity (Wildman–Crippen MR) is 335 cm³/mol. The van der Waals surface area contributed by atoms with Crippen LogP contribution in [0.1, 0.15) is 284 Å². The van der Waals surface area contributed by atoms with Crippen LogP contribution >= 0.6 is 7.82 Å². The van der Waals surface area contributed by atoms with E-state index in [2.05, 4.69) is 98.9 Å². The topological polar surface area (TPSA) is 108 Å². The van der Waals surface area contributed by atoms with Gasteiger partial charge in [-0.3, -0.25) is 18.6 Å². The lowest BCUT2D eigenvalue weighted by atomic mass is 10.0. The summed E-state index contributed by atoms with van der Waals surface area (Å²) >= 11 is 0. The molecule has 1 N–H and O–H groups in total. The Labute approximate surface area is 481 Å². The molecule has 0 aromatic heterocycles. The highest BCUT2D eigenvalue weighted by molar-refractivity contribution is 7.47. The number of nitrogens with zero attached hydrogens (tertiary/aromatic N) is 1. The Morgan fingerprint density at radius 3 is 1.10 bits per heavy atom. The first kappa shape index (κ1) is 75.2. The highest BCUT2D eigenvalue weighted by Crippen LogP contribution is 2.43. The smallest absolute Gasteiger partial charge is 0.462 e. The number of rotatable bonds is 59. The second-order valence-electron chi connectivity index (χ2n) is 22.8. The van der Waals surface area contributed by atoms with Crippen LogP contribution in [0.15, 0.2) is 85.1 Å². The van der Waals surface area contributed by atoms with Gasteiger partial charge in [0.1, 0.15) is 19.8 Å². The largest absolute Gasteiger partial charge is 0.472 e. The number of carbonyl (C=O) groups excluding carboxylic acids is 2. The third-order valence-corrected chi connectivity index (χ3v) is 14.9. The van der Waals surface area contributed by atoms with E-state index in [4.69, 9.17) is 18.5 Å². The molecular formula is C68H123NO8P+. The van der Waals surface area contributed by atoms with E-state index in [1.54, 1.807) is 0 Å². The lowest BCUT2D eigenvalue weighted by molar-refractivity contribution is -0.870. The Morgan fingerprint density at radius 1 is 0.410 bits per heavy atom. The van der Waals surface area contributed by atoms with Crippen LogP contribution in [0, 0.1) is 0 Å². The van der Waals surface area contributed by atoms with Gasteiger partial charge >= 0.3 is 19.8 Å². The summed E-state index contributed by atoms with van der Waals surface area (Å²) in [5.41, 5.74) is 0. The zero-order valence-corrected chi connectivity index (χ0v) is 52.3. The molecule has 0 saturated carbocycles. The Hall–Kier alpha value is -2.81. The molecule has 0 saturated heterocycles. The Bertz CT molecular complexity index is 1590. The van der Waals surface area contributed by atoms with E-state index in [9.17, 15) is 19.0 Å². The standard InChI is InChI=1S/C68H122NO8P/c1-6-8-10-12-14-16-18-20-22-24-26-28-30-32-33-34-35-37-39-41-43-45-47-49-51-53-55-57-59-61-68(71)77-66(65-76-78(72,73)75-63-62-69(3,4)5)64-74-67(70)60-58-56-54-52-50-48-46-44-42-40-38-36-31-29-27-25-23-21-19-17-15-13-11-9-7-2/h8,10,14,16,20,22,25-28,32-33,35,37,66H,6-7,9,11-13,15,17-19,21,23-24,29-31,34,36,38-65H2,1-5H3/p+1/b10-8-,16-14-,22-20-,27-25-,28-26-,33-32-,37-35-. The molecule has 9 nitrogen and oxygen atoms in total. The summed E-state index contributed by atoms with van der Waals surface area (Å²) in [4.78, 5) is 35.8. The van der Waals surface area contributed by atoms with Gasteiger partial charge in [0, 0.05) is 12.8 Å². The second-order valence-corrected chi connectivity index (χ2v) is 24.2. The maximum atomic E-state index is 12.9. The van der Waals surface area contributed by atoms with Crippen LogP contribution in [0.3, 0.4) is 0 Å². The summed E-state index contributed by atoms with van der Waals surface area (Å²) in [6, 6.07) is 0. The van der Waals surface area contributed by atoms with Crippen LogP contribution in [-0.2, 0) is 32.7 Å². The highest BCUT2D eigenvalue weighted by Gasteiger charge is 2.27. The normalized spacial score (nSPS) is 13.8. The fourth-order valence-corrected chi connectivity index (χ4v) is 9.70. The van der Waals surface area contributed by atoms with E-state index in [1.807, 2.05) is 21.1 Å². The molecule has 2 atom stereocenters. The first-order chi connectivity index (χ1) is 38.0. The minimum absolute atomic E-state index is 0.0283. The second kappa shape index (κ2) is 58.8. The number of unbranched alkanes of at least 4 members (excludes halogenated alkanes) is 31. The molecule has 2 unspecified atom stereocenters. The molecule has 0 aliphatic carbocycles. The van der Waals surface area contributed by atoms with Crippen LogP contribution in [0.4, 0.5) is 0 Å². The van der Waals surface area contributed by atoms with Crippen molar-refractivity contribution in [2.75, 3.05) is 47.5 Å². The Morgan fingerprint density at radius 2 is 0.731 bits per heavy atom. The zero-order valence-electron chi connectivity index (χ0n) is 51.4. The van der Waals surface area contributed by atoms with Crippen molar-refractivity contribution in [1.82, 2.24) is 0 Å². The number of phosphoric acid groups is 1. The van der Waals surface area contributed by atoms with Crippen LogP contribution < -0.4 is 0 Å². The quantitative estimate of drug-likeness (QED) is 0.0211. The van der Waals surface area contributed by atoms with Crippen molar-refractivity contribution in [2.24, 2.45) is 0 Å². The lowest BCUT2D eigenvalue weighted by Crippen LogP contribution is -2.37. The number of hydrogen-bond acceptors (Lipinski definition) is 7. The van der Waals surface area contributed by atoms with Gasteiger partial charge in [-0.05, 0) is 89.9 Å². The lowest BCUT2D eigenvalue weighted by Gasteiger charge is -2.24. The maximum absolute atomic E-state index is 12.9. The summed E-state index contributed by atoms with van der Waals surface area (Å²) in [5.74, 6) is -0.797. The summed E-state index contributed by atoms with van der Waals surface area (Å²) in [6.07, 6.45) is 79.5. The monoisotopic (exact) mass is 1110 g/mol. The molecule has 0 aromatic rings. The third-order valence-electron chi connectivity index (χ3n) is 13.9. The number of allylic oxidation sites excluding steroid dienone is 14. The maximum Gasteiger partial charge on any atom is 0.472 e. The van der Waals surface area contributed by atoms with Gasteiger partial charge in [-0.25, -0.2) is 4.57 Å². The molecule has 0 aliphatic rings. The summed E-state index contributed by atoms with van der Waals surface area (Å²) in [6.45, 7) is 4.34. The van der Waals surface area contributed by atoms with Crippen molar-refractivity contribution in [3.63, 3.8) is 0 Å². The predicted octanol–water partition coefficient (Wildman–Crippen LogP) is 20.6. The Balaban J connectivity index is 4.12. The van der Waals surface area contributed by atoms with E-state index < -0.39 is 26.5 Å². The van der Waals surface area contributed by atoms with Gasteiger partial charge in [0.05, 0.1) is 27.7 Å². The first-order valence-electron chi connectivity index (χ1n) is 32.3. The number of phosphoric ester groups is 1. The van der Waals surface area contributed by atoms with Crippen molar-refractivity contribution < 1.29 is 42.1 Å². The van der Waals surface area contributed by atoms with Crippen LogP contribution in [0.25, 0.3) is 0 Å². The molecule has 0 fully saturated rings. The average molecular weight is 1110 g/mol. The molecule has 78 heavy (non-hydrogen) atoms. The minimum atomic E-state index is -4.39. The van der Waals surface area contributed by atoms with Crippen LogP contribution in [-0.4, -0.2) is 74.9 Å². The average Bonchev–Trinajstić information content (AvgIpc) is 3.41. The fourth-order valence-electron chi connectivity index (χ4n) is 8.96. The number of carbonyl (C=O) groups is 2. The molecule has 0 spiro atoms. The van der Waals surface area contributed by atoms with Crippen molar-refractivity contribution >= 4 is 19.8 Å². The van der Waals surface area contributed by atoms with Crippen molar-refractivity contribution in [2.45, 2.75) is 290 Å². The van der Waals surface area contributed by atoms with Crippen LogP contribution in [0.2, 0.25) is 0 Å². The number of quaternary nitrogens is 1. The van der Waals surface area contributed by atoms with Crippen molar-refractivity contribution in [3.8, 4) is 0 Å². The fraction of sp³-hybridized carbons (Fsp3) is 0.765. The van der Waals surface area contributed by atoms with E-state index in [-0.39, 0.29) is 32.0 Å². The van der Waals surface area contributed by atoms with Gasteiger partial charge in [0.15, 0.2) is 6.10 Å². The molecule has 10 heteroatoms. The molecule has 0 aromatic carbocycles. The van der Waals surface area contributed by atoms with E-state index in [0.717, 1.165) is 83.5 Å². The molecule has 0 rings (SSSR count). The highest BCUT2D eigenvalue weighted by atomic mass is 31.2.